The zero-order chi connectivity index (χ0) is 10.6. The Hall–Kier alpha value is -1.00. The van der Waals surface area contributed by atoms with Crippen molar-refractivity contribution in [1.29, 1.82) is 0 Å². The Morgan fingerprint density at radius 2 is 1.79 bits per heavy atom. The zero-order valence-electron chi connectivity index (χ0n) is 7.84. The van der Waals surface area contributed by atoms with Gasteiger partial charge in [-0.2, -0.15) is 0 Å². The highest BCUT2D eigenvalue weighted by Gasteiger charge is 2.15. The SMILES string of the molecule is NCCC[C@H](N)c1c(F)cccc1F. The van der Waals surface area contributed by atoms with Gasteiger partial charge in [-0.05, 0) is 31.5 Å². The number of nitrogens with two attached hydrogens (primary N) is 2. The van der Waals surface area contributed by atoms with E-state index in [1.54, 1.807) is 0 Å². The van der Waals surface area contributed by atoms with Gasteiger partial charge in [-0.15, -0.1) is 0 Å². The van der Waals surface area contributed by atoms with Gasteiger partial charge in [0.2, 0.25) is 0 Å². The minimum Gasteiger partial charge on any atom is -0.330 e. The third kappa shape index (κ3) is 2.49. The van der Waals surface area contributed by atoms with Crippen LogP contribution in [0.1, 0.15) is 24.4 Å². The Balaban J connectivity index is 2.82. The summed E-state index contributed by atoms with van der Waals surface area (Å²) in [5, 5.41) is 0. The van der Waals surface area contributed by atoms with Gasteiger partial charge in [0.05, 0.1) is 0 Å². The number of hydrogen-bond acceptors (Lipinski definition) is 2. The summed E-state index contributed by atoms with van der Waals surface area (Å²) >= 11 is 0. The average molecular weight is 200 g/mol. The van der Waals surface area contributed by atoms with Crippen molar-refractivity contribution in [2.24, 2.45) is 11.5 Å². The molecule has 4 N–H and O–H groups in total. The maximum atomic E-state index is 13.2. The first kappa shape index (κ1) is 11.1. The summed E-state index contributed by atoms with van der Waals surface area (Å²) in [4.78, 5) is 0. The molecule has 0 saturated carbocycles. The van der Waals surface area contributed by atoms with Crippen LogP contribution >= 0.6 is 0 Å². The average Bonchev–Trinajstić information content (AvgIpc) is 2.14. The highest BCUT2D eigenvalue weighted by molar-refractivity contribution is 5.22. The van der Waals surface area contributed by atoms with E-state index in [0.29, 0.717) is 19.4 Å². The Labute approximate surface area is 81.9 Å². The van der Waals surface area contributed by atoms with Gasteiger partial charge in [0.15, 0.2) is 0 Å². The van der Waals surface area contributed by atoms with Crippen molar-refractivity contribution in [1.82, 2.24) is 0 Å². The van der Waals surface area contributed by atoms with Crippen LogP contribution in [0.2, 0.25) is 0 Å². The normalized spacial score (nSPS) is 12.9. The molecule has 0 aliphatic carbocycles. The molecule has 78 valence electrons. The van der Waals surface area contributed by atoms with Crippen LogP contribution in [0.4, 0.5) is 8.78 Å². The molecule has 0 aliphatic heterocycles. The third-order valence-electron chi connectivity index (χ3n) is 2.09. The van der Waals surface area contributed by atoms with Crippen molar-refractivity contribution in [2.45, 2.75) is 18.9 Å². The molecule has 0 aliphatic rings. The van der Waals surface area contributed by atoms with Crippen LogP contribution in [-0.4, -0.2) is 6.54 Å². The molecule has 0 bridgehead atoms. The van der Waals surface area contributed by atoms with E-state index >= 15 is 0 Å². The lowest BCUT2D eigenvalue weighted by atomic mass is 10.0. The Morgan fingerprint density at radius 1 is 1.21 bits per heavy atom. The second-order valence-electron chi connectivity index (χ2n) is 3.17. The summed E-state index contributed by atoms with van der Waals surface area (Å²) in [6.45, 7) is 0.476. The molecule has 0 amide bonds. The molecule has 0 saturated heterocycles. The molecule has 0 spiro atoms. The maximum absolute atomic E-state index is 13.2. The van der Waals surface area contributed by atoms with Gasteiger partial charge in [0, 0.05) is 11.6 Å². The van der Waals surface area contributed by atoms with Crippen molar-refractivity contribution < 1.29 is 8.78 Å². The van der Waals surface area contributed by atoms with Gasteiger partial charge >= 0.3 is 0 Å². The number of rotatable bonds is 4. The van der Waals surface area contributed by atoms with E-state index in [0.717, 1.165) is 0 Å². The first-order valence-electron chi connectivity index (χ1n) is 4.56. The van der Waals surface area contributed by atoms with Crippen LogP contribution in [0.3, 0.4) is 0 Å². The molecule has 2 nitrogen and oxygen atoms in total. The fourth-order valence-corrected chi connectivity index (χ4v) is 1.35. The lowest BCUT2D eigenvalue weighted by molar-refractivity contribution is 0.506. The van der Waals surface area contributed by atoms with Crippen LogP contribution in [0.5, 0.6) is 0 Å². The zero-order valence-corrected chi connectivity index (χ0v) is 7.84. The monoisotopic (exact) mass is 200 g/mol. The van der Waals surface area contributed by atoms with E-state index in [9.17, 15) is 8.78 Å². The van der Waals surface area contributed by atoms with E-state index in [4.69, 9.17) is 11.5 Å². The fourth-order valence-electron chi connectivity index (χ4n) is 1.35. The molecule has 0 aromatic heterocycles. The minimum atomic E-state index is -0.611. The number of benzene rings is 1. The molecule has 4 heteroatoms. The first-order chi connectivity index (χ1) is 6.66. The molecule has 1 aromatic rings. The van der Waals surface area contributed by atoms with Crippen molar-refractivity contribution >= 4 is 0 Å². The molecule has 1 atom stereocenters. The van der Waals surface area contributed by atoms with Gasteiger partial charge in [-0.1, -0.05) is 6.07 Å². The lowest BCUT2D eigenvalue weighted by Crippen LogP contribution is -2.15. The van der Waals surface area contributed by atoms with Crippen LogP contribution in [-0.2, 0) is 0 Å². The summed E-state index contributed by atoms with van der Waals surface area (Å²) in [6, 6.07) is 3.13. The highest BCUT2D eigenvalue weighted by Crippen LogP contribution is 2.21. The van der Waals surface area contributed by atoms with Gasteiger partial charge in [-0.25, -0.2) is 8.78 Å². The maximum Gasteiger partial charge on any atom is 0.130 e. The van der Waals surface area contributed by atoms with Gasteiger partial charge in [-0.3, -0.25) is 0 Å². The molecular formula is C10H14F2N2. The minimum absolute atomic E-state index is 0.0408. The second kappa shape index (κ2) is 5.02. The van der Waals surface area contributed by atoms with Gasteiger partial charge in [0.1, 0.15) is 11.6 Å². The van der Waals surface area contributed by atoms with Crippen LogP contribution in [0.15, 0.2) is 18.2 Å². The standard InChI is InChI=1S/C10H14F2N2/c11-7-3-1-4-8(12)10(7)9(14)5-2-6-13/h1,3-4,9H,2,5-6,13-14H2/t9-/m0/s1. The largest absolute Gasteiger partial charge is 0.330 e. The quantitative estimate of drug-likeness (QED) is 0.777. The molecule has 1 rings (SSSR count). The van der Waals surface area contributed by atoms with E-state index in [-0.39, 0.29) is 5.56 Å². The fraction of sp³-hybridized carbons (Fsp3) is 0.400. The van der Waals surface area contributed by atoms with E-state index in [1.165, 1.54) is 18.2 Å². The van der Waals surface area contributed by atoms with E-state index in [2.05, 4.69) is 0 Å². The molecular weight excluding hydrogens is 186 g/mol. The Morgan fingerprint density at radius 3 is 2.29 bits per heavy atom. The van der Waals surface area contributed by atoms with Crippen LogP contribution in [0.25, 0.3) is 0 Å². The molecule has 14 heavy (non-hydrogen) atoms. The highest BCUT2D eigenvalue weighted by atomic mass is 19.1. The smallest absolute Gasteiger partial charge is 0.130 e. The summed E-state index contributed by atoms with van der Waals surface area (Å²) < 4.78 is 26.4. The third-order valence-corrected chi connectivity index (χ3v) is 2.09. The summed E-state index contributed by atoms with van der Waals surface area (Å²) in [5.41, 5.74) is 10.9. The second-order valence-corrected chi connectivity index (χ2v) is 3.17. The van der Waals surface area contributed by atoms with Crippen LogP contribution < -0.4 is 11.5 Å². The van der Waals surface area contributed by atoms with Crippen molar-refractivity contribution in [3.63, 3.8) is 0 Å². The van der Waals surface area contributed by atoms with Gasteiger partial charge < -0.3 is 11.5 Å². The van der Waals surface area contributed by atoms with E-state index < -0.39 is 17.7 Å². The topological polar surface area (TPSA) is 52.0 Å². The predicted octanol–water partition coefficient (Wildman–Crippen LogP) is 1.70. The first-order valence-corrected chi connectivity index (χ1v) is 4.56. The van der Waals surface area contributed by atoms with E-state index in [1.807, 2.05) is 0 Å². The predicted molar refractivity (Wildman–Crippen MR) is 51.6 cm³/mol. The molecule has 1 aromatic carbocycles. The Kier molecular flexibility index (Phi) is 3.98. The van der Waals surface area contributed by atoms with Crippen molar-refractivity contribution in [2.75, 3.05) is 6.54 Å². The van der Waals surface area contributed by atoms with Crippen LogP contribution in [0, 0.1) is 11.6 Å². The number of hydrogen-bond donors (Lipinski definition) is 2. The molecule has 0 fully saturated rings. The van der Waals surface area contributed by atoms with Gasteiger partial charge in [0.25, 0.3) is 0 Å². The molecule has 0 heterocycles. The molecule has 0 unspecified atom stereocenters. The summed E-state index contributed by atoms with van der Waals surface area (Å²) in [7, 11) is 0. The van der Waals surface area contributed by atoms with Crippen molar-refractivity contribution in [3.8, 4) is 0 Å². The lowest BCUT2D eigenvalue weighted by Gasteiger charge is -2.12. The molecule has 0 radical (unpaired) electrons. The Bertz CT molecular complexity index is 282. The summed E-state index contributed by atoms with van der Waals surface area (Å²) in [6.07, 6.45) is 1.16. The van der Waals surface area contributed by atoms with Crippen molar-refractivity contribution in [3.05, 3.63) is 35.4 Å². The summed E-state index contributed by atoms with van der Waals surface area (Å²) in [5.74, 6) is -1.18. The number of halogens is 2.